The summed E-state index contributed by atoms with van der Waals surface area (Å²) in [4.78, 5) is 16.5. The van der Waals surface area contributed by atoms with Gasteiger partial charge in [0, 0.05) is 17.1 Å². The Labute approximate surface area is 128 Å². The van der Waals surface area contributed by atoms with Crippen molar-refractivity contribution in [2.75, 3.05) is 11.9 Å². The van der Waals surface area contributed by atoms with Gasteiger partial charge in [0.2, 0.25) is 5.91 Å². The second-order valence-electron chi connectivity index (χ2n) is 5.81. The fourth-order valence-corrected chi connectivity index (χ4v) is 3.39. The normalized spacial score (nSPS) is 17.8. The van der Waals surface area contributed by atoms with Gasteiger partial charge in [-0.05, 0) is 59.3 Å². The van der Waals surface area contributed by atoms with Crippen molar-refractivity contribution in [2.45, 2.75) is 45.4 Å². The molecule has 0 aromatic carbocycles. The Morgan fingerprint density at radius 1 is 1.45 bits per heavy atom. The van der Waals surface area contributed by atoms with Crippen LogP contribution < -0.4 is 11.1 Å². The van der Waals surface area contributed by atoms with E-state index in [0.29, 0.717) is 18.8 Å². The van der Waals surface area contributed by atoms with Gasteiger partial charge in [-0.15, -0.1) is 0 Å². The number of nitrogens with zero attached hydrogens (tertiary/aromatic N) is 1. The predicted molar refractivity (Wildman–Crippen MR) is 84.5 cm³/mol. The molecule has 1 aromatic rings. The van der Waals surface area contributed by atoms with Crippen LogP contribution in [0.5, 0.6) is 0 Å². The zero-order valence-corrected chi connectivity index (χ0v) is 13.5. The highest BCUT2D eigenvalue weighted by Gasteiger charge is 2.33. The minimum Gasteiger partial charge on any atom is -0.330 e. The van der Waals surface area contributed by atoms with Gasteiger partial charge < -0.3 is 11.1 Å². The highest BCUT2D eigenvalue weighted by atomic mass is 79.9. The van der Waals surface area contributed by atoms with Crippen LogP contribution >= 0.6 is 15.9 Å². The first-order valence-corrected chi connectivity index (χ1v) is 7.96. The molecule has 110 valence electrons. The number of aromatic nitrogens is 1. The van der Waals surface area contributed by atoms with Crippen molar-refractivity contribution < 1.29 is 4.79 Å². The summed E-state index contributed by atoms with van der Waals surface area (Å²) < 4.78 is 0.915. The number of pyridine rings is 1. The van der Waals surface area contributed by atoms with E-state index in [1.807, 2.05) is 13.0 Å². The van der Waals surface area contributed by atoms with Crippen LogP contribution in [0.2, 0.25) is 0 Å². The van der Waals surface area contributed by atoms with E-state index in [1.165, 1.54) is 19.3 Å². The molecule has 3 N–H and O–H groups in total. The maximum absolute atomic E-state index is 12.3. The Morgan fingerprint density at radius 3 is 2.75 bits per heavy atom. The number of amides is 1. The number of nitrogens with one attached hydrogen (secondary N) is 1. The minimum atomic E-state index is -0.00833. The first-order valence-electron chi connectivity index (χ1n) is 7.17. The molecule has 0 bridgehead atoms. The summed E-state index contributed by atoms with van der Waals surface area (Å²) in [6.45, 7) is 2.53. The Balaban J connectivity index is 2.00. The lowest BCUT2D eigenvalue weighted by molar-refractivity contribution is -0.118. The molecule has 0 spiro atoms. The predicted octanol–water partition coefficient (Wildman–Crippen LogP) is 3.39. The molecule has 4 nitrogen and oxygen atoms in total. The molecule has 0 saturated heterocycles. The first kappa shape index (κ1) is 15.4. The van der Waals surface area contributed by atoms with Crippen LogP contribution in [0.3, 0.4) is 0 Å². The van der Waals surface area contributed by atoms with Gasteiger partial charge in [0.1, 0.15) is 5.82 Å². The molecule has 0 aliphatic heterocycles. The van der Waals surface area contributed by atoms with Gasteiger partial charge in [-0.25, -0.2) is 4.98 Å². The van der Waals surface area contributed by atoms with Crippen LogP contribution in [-0.4, -0.2) is 17.4 Å². The summed E-state index contributed by atoms with van der Waals surface area (Å²) in [6, 6.07) is 1.95. The summed E-state index contributed by atoms with van der Waals surface area (Å²) >= 11 is 3.37. The number of anilines is 1. The maximum atomic E-state index is 12.3. The first-order chi connectivity index (χ1) is 9.54. The zero-order chi connectivity index (χ0) is 14.6. The maximum Gasteiger partial charge on any atom is 0.226 e. The van der Waals surface area contributed by atoms with Gasteiger partial charge in [-0.1, -0.05) is 19.3 Å². The van der Waals surface area contributed by atoms with E-state index >= 15 is 0 Å². The number of nitrogens with two attached hydrogens (primary N) is 1. The van der Waals surface area contributed by atoms with Gasteiger partial charge in [-0.2, -0.15) is 0 Å². The number of aryl methyl sites for hydroxylation is 1. The van der Waals surface area contributed by atoms with E-state index in [0.717, 1.165) is 22.9 Å². The molecule has 1 aliphatic rings. The average Bonchev–Trinajstić information content (AvgIpc) is 2.43. The third-order valence-corrected chi connectivity index (χ3v) is 4.62. The Bertz CT molecular complexity index is 484. The van der Waals surface area contributed by atoms with Gasteiger partial charge in [-0.3, -0.25) is 4.79 Å². The van der Waals surface area contributed by atoms with E-state index in [2.05, 4.69) is 26.2 Å². The van der Waals surface area contributed by atoms with Crippen molar-refractivity contribution in [3.8, 4) is 0 Å². The molecule has 1 fully saturated rings. The van der Waals surface area contributed by atoms with Crippen molar-refractivity contribution in [2.24, 2.45) is 11.1 Å². The molecule has 1 heterocycles. The summed E-state index contributed by atoms with van der Waals surface area (Å²) in [6.07, 6.45) is 7.94. The fraction of sp³-hybridized carbons (Fsp3) is 0.600. The average molecular weight is 340 g/mol. The van der Waals surface area contributed by atoms with E-state index in [-0.39, 0.29) is 11.3 Å². The molecule has 20 heavy (non-hydrogen) atoms. The summed E-state index contributed by atoms with van der Waals surface area (Å²) in [7, 11) is 0. The van der Waals surface area contributed by atoms with Crippen molar-refractivity contribution in [1.82, 2.24) is 4.98 Å². The van der Waals surface area contributed by atoms with Gasteiger partial charge in [0.05, 0.1) is 0 Å². The quantitative estimate of drug-likeness (QED) is 0.883. The number of hydrogen-bond acceptors (Lipinski definition) is 3. The lowest BCUT2D eigenvalue weighted by Crippen LogP contribution is -2.36. The van der Waals surface area contributed by atoms with Crippen LogP contribution in [-0.2, 0) is 4.79 Å². The monoisotopic (exact) mass is 339 g/mol. The molecular weight excluding hydrogens is 318 g/mol. The Hall–Kier alpha value is -0.940. The van der Waals surface area contributed by atoms with E-state index in [9.17, 15) is 4.79 Å². The van der Waals surface area contributed by atoms with Gasteiger partial charge >= 0.3 is 0 Å². The molecular formula is C15H22BrN3O. The van der Waals surface area contributed by atoms with E-state index < -0.39 is 0 Å². The van der Waals surface area contributed by atoms with Crippen molar-refractivity contribution in [3.63, 3.8) is 0 Å². The SMILES string of the molecule is Cc1cc(Br)cnc1NC(=O)CC1(CN)CCCCC1. The Kier molecular flexibility index (Phi) is 5.16. The third kappa shape index (κ3) is 3.79. The molecule has 5 heteroatoms. The molecule has 1 amide bonds. The van der Waals surface area contributed by atoms with Crippen molar-refractivity contribution >= 4 is 27.7 Å². The number of carbonyl (C=O) groups is 1. The molecule has 0 atom stereocenters. The molecule has 2 rings (SSSR count). The van der Waals surface area contributed by atoms with Crippen LogP contribution in [0.15, 0.2) is 16.7 Å². The van der Waals surface area contributed by atoms with Crippen molar-refractivity contribution in [3.05, 3.63) is 22.3 Å². The number of hydrogen-bond donors (Lipinski definition) is 2. The van der Waals surface area contributed by atoms with Crippen LogP contribution in [0.1, 0.15) is 44.1 Å². The van der Waals surface area contributed by atoms with Crippen LogP contribution in [0.25, 0.3) is 0 Å². The number of carbonyl (C=O) groups excluding carboxylic acids is 1. The van der Waals surface area contributed by atoms with Gasteiger partial charge in [0.15, 0.2) is 0 Å². The molecule has 1 aliphatic carbocycles. The fourth-order valence-electron chi connectivity index (χ4n) is 2.94. The largest absolute Gasteiger partial charge is 0.330 e. The topological polar surface area (TPSA) is 68.0 Å². The summed E-state index contributed by atoms with van der Waals surface area (Å²) in [5.74, 6) is 0.663. The Morgan fingerprint density at radius 2 is 2.15 bits per heavy atom. The highest BCUT2D eigenvalue weighted by molar-refractivity contribution is 9.10. The second-order valence-corrected chi connectivity index (χ2v) is 6.72. The lowest BCUT2D eigenvalue weighted by Gasteiger charge is -2.35. The second kappa shape index (κ2) is 6.68. The van der Waals surface area contributed by atoms with Crippen LogP contribution in [0.4, 0.5) is 5.82 Å². The lowest BCUT2D eigenvalue weighted by atomic mass is 9.71. The van der Waals surface area contributed by atoms with E-state index in [1.54, 1.807) is 6.20 Å². The summed E-state index contributed by atoms with van der Waals surface area (Å²) in [5, 5.41) is 2.92. The minimum absolute atomic E-state index is 0.00833. The summed E-state index contributed by atoms with van der Waals surface area (Å²) in [5.41, 5.74) is 6.88. The highest BCUT2D eigenvalue weighted by Crippen LogP contribution is 2.38. The number of halogens is 1. The number of rotatable bonds is 4. The van der Waals surface area contributed by atoms with E-state index in [4.69, 9.17) is 5.73 Å². The molecule has 1 saturated carbocycles. The third-order valence-electron chi connectivity index (χ3n) is 4.19. The molecule has 1 aromatic heterocycles. The van der Waals surface area contributed by atoms with Crippen LogP contribution in [0, 0.1) is 12.3 Å². The standard InChI is InChI=1S/C15H22BrN3O/c1-11-7-12(16)9-18-14(11)19-13(20)8-15(10-17)5-3-2-4-6-15/h7,9H,2-6,8,10,17H2,1H3,(H,18,19,20). The zero-order valence-electron chi connectivity index (χ0n) is 11.9. The van der Waals surface area contributed by atoms with Gasteiger partial charge in [0.25, 0.3) is 0 Å². The molecule has 0 unspecified atom stereocenters. The molecule has 0 radical (unpaired) electrons. The smallest absolute Gasteiger partial charge is 0.226 e. The van der Waals surface area contributed by atoms with Crippen molar-refractivity contribution in [1.29, 1.82) is 0 Å².